The van der Waals surface area contributed by atoms with Crippen LogP contribution in [0.1, 0.15) is 19.4 Å². The van der Waals surface area contributed by atoms with Gasteiger partial charge in [0.2, 0.25) is 5.91 Å². The SMILES string of the molecule is COc1cc(/C=C/C(=O)OCC(=O)N2c3ccccc3NC(=O)C2(C)C)ccc1O. The highest BCUT2D eigenvalue weighted by Crippen LogP contribution is 2.36. The quantitative estimate of drug-likeness (QED) is 0.580. The molecule has 0 saturated carbocycles. The normalized spacial score (nSPS) is 14.8. The van der Waals surface area contributed by atoms with Gasteiger partial charge in [0.1, 0.15) is 5.54 Å². The van der Waals surface area contributed by atoms with Crippen molar-refractivity contribution >= 4 is 35.2 Å². The lowest BCUT2D eigenvalue weighted by molar-refractivity contribution is -0.143. The van der Waals surface area contributed by atoms with Gasteiger partial charge in [-0.3, -0.25) is 14.5 Å². The van der Waals surface area contributed by atoms with E-state index < -0.39 is 24.0 Å². The summed E-state index contributed by atoms with van der Waals surface area (Å²) in [5.41, 5.74) is 0.518. The number of benzene rings is 2. The second-order valence-electron chi connectivity index (χ2n) is 7.13. The summed E-state index contributed by atoms with van der Waals surface area (Å²) in [4.78, 5) is 38.6. The molecule has 0 spiro atoms. The van der Waals surface area contributed by atoms with Gasteiger partial charge in [-0.05, 0) is 49.8 Å². The van der Waals surface area contributed by atoms with Gasteiger partial charge < -0.3 is 19.9 Å². The number of carbonyl (C=O) groups excluding carboxylic acids is 3. The molecule has 0 unspecified atom stereocenters. The largest absolute Gasteiger partial charge is 0.504 e. The van der Waals surface area contributed by atoms with Crippen molar-refractivity contribution in [3.05, 3.63) is 54.1 Å². The lowest BCUT2D eigenvalue weighted by Crippen LogP contribution is -2.59. The van der Waals surface area contributed by atoms with E-state index in [0.29, 0.717) is 16.9 Å². The van der Waals surface area contributed by atoms with Gasteiger partial charge in [-0.2, -0.15) is 0 Å². The van der Waals surface area contributed by atoms with Gasteiger partial charge in [0.05, 0.1) is 18.5 Å². The van der Waals surface area contributed by atoms with Crippen molar-refractivity contribution in [2.24, 2.45) is 0 Å². The van der Waals surface area contributed by atoms with Gasteiger partial charge in [0.25, 0.3) is 5.91 Å². The number of esters is 1. The Morgan fingerprint density at radius 2 is 1.93 bits per heavy atom. The van der Waals surface area contributed by atoms with Crippen molar-refractivity contribution in [2.45, 2.75) is 19.4 Å². The van der Waals surface area contributed by atoms with Crippen LogP contribution in [0.4, 0.5) is 11.4 Å². The smallest absolute Gasteiger partial charge is 0.331 e. The number of nitrogens with zero attached hydrogens (tertiary/aromatic N) is 1. The highest BCUT2D eigenvalue weighted by atomic mass is 16.5. The van der Waals surface area contributed by atoms with Crippen molar-refractivity contribution in [2.75, 3.05) is 23.9 Å². The standard InChI is InChI=1S/C22H22N2O6/c1-22(2)21(28)23-15-6-4-5-7-16(15)24(22)19(26)13-30-20(27)11-9-14-8-10-17(25)18(12-14)29-3/h4-12,25H,13H2,1-3H3,(H,23,28)/b11-9+. The summed E-state index contributed by atoms with van der Waals surface area (Å²) >= 11 is 0. The number of para-hydroxylation sites is 2. The zero-order chi connectivity index (χ0) is 21.9. The van der Waals surface area contributed by atoms with E-state index in [0.717, 1.165) is 0 Å². The van der Waals surface area contributed by atoms with E-state index in [2.05, 4.69) is 5.32 Å². The predicted octanol–water partition coefficient (Wildman–Crippen LogP) is 2.72. The van der Waals surface area contributed by atoms with Crippen LogP contribution < -0.4 is 15.0 Å². The topological polar surface area (TPSA) is 105 Å². The molecule has 0 saturated heterocycles. The average molecular weight is 410 g/mol. The third-order valence-corrected chi connectivity index (χ3v) is 4.71. The third kappa shape index (κ3) is 4.12. The number of rotatable bonds is 5. The van der Waals surface area contributed by atoms with Crippen LogP contribution in [0.15, 0.2) is 48.5 Å². The first-order valence-electron chi connectivity index (χ1n) is 9.19. The molecule has 30 heavy (non-hydrogen) atoms. The second kappa shape index (κ2) is 8.28. The van der Waals surface area contributed by atoms with Crippen LogP contribution >= 0.6 is 0 Å². The highest BCUT2D eigenvalue weighted by Gasteiger charge is 2.43. The highest BCUT2D eigenvalue weighted by molar-refractivity contribution is 6.14. The van der Waals surface area contributed by atoms with E-state index >= 15 is 0 Å². The lowest BCUT2D eigenvalue weighted by atomic mass is 9.96. The number of hydrogen-bond donors (Lipinski definition) is 2. The molecule has 0 atom stereocenters. The van der Waals surface area contributed by atoms with E-state index in [1.54, 1.807) is 50.2 Å². The molecule has 2 N–H and O–H groups in total. The molecule has 156 valence electrons. The minimum absolute atomic E-state index is 0.0173. The number of aromatic hydroxyl groups is 1. The first kappa shape index (κ1) is 20.9. The first-order valence-corrected chi connectivity index (χ1v) is 9.19. The van der Waals surface area contributed by atoms with Gasteiger partial charge in [-0.15, -0.1) is 0 Å². The van der Waals surface area contributed by atoms with E-state index in [4.69, 9.17) is 9.47 Å². The monoisotopic (exact) mass is 410 g/mol. The fraction of sp³-hybridized carbons (Fsp3) is 0.227. The molecule has 8 nitrogen and oxygen atoms in total. The molecule has 0 fully saturated rings. The molecule has 0 aliphatic carbocycles. The molecule has 0 radical (unpaired) electrons. The molecule has 0 aromatic heterocycles. The molecule has 2 aromatic carbocycles. The number of methoxy groups -OCH3 is 1. The van der Waals surface area contributed by atoms with E-state index in [1.165, 1.54) is 30.2 Å². The Morgan fingerprint density at radius 1 is 1.20 bits per heavy atom. The van der Waals surface area contributed by atoms with Crippen LogP contribution in [0.25, 0.3) is 6.08 Å². The Hall–Kier alpha value is -3.81. The van der Waals surface area contributed by atoms with Crippen molar-refractivity contribution in [1.29, 1.82) is 0 Å². The Bertz CT molecular complexity index is 1030. The third-order valence-electron chi connectivity index (χ3n) is 4.71. The molecule has 1 aliphatic heterocycles. The second-order valence-corrected chi connectivity index (χ2v) is 7.13. The molecular weight excluding hydrogens is 388 g/mol. The molecular formula is C22H22N2O6. The van der Waals surface area contributed by atoms with E-state index in [9.17, 15) is 19.5 Å². The van der Waals surface area contributed by atoms with Crippen LogP contribution in [0.2, 0.25) is 0 Å². The summed E-state index contributed by atoms with van der Waals surface area (Å²) in [6, 6.07) is 11.5. The van der Waals surface area contributed by atoms with Crippen LogP contribution in [-0.4, -0.2) is 42.1 Å². The molecule has 3 rings (SSSR count). The van der Waals surface area contributed by atoms with Gasteiger partial charge in [0.15, 0.2) is 18.1 Å². The first-order chi connectivity index (χ1) is 14.2. The summed E-state index contributed by atoms with van der Waals surface area (Å²) in [7, 11) is 1.42. The summed E-state index contributed by atoms with van der Waals surface area (Å²) in [6.07, 6.45) is 2.64. The van der Waals surface area contributed by atoms with Gasteiger partial charge in [0, 0.05) is 6.08 Å². The molecule has 2 amide bonds. The minimum Gasteiger partial charge on any atom is -0.504 e. The van der Waals surface area contributed by atoms with Crippen molar-refractivity contribution in [3.8, 4) is 11.5 Å². The van der Waals surface area contributed by atoms with Gasteiger partial charge in [-0.25, -0.2) is 4.79 Å². The summed E-state index contributed by atoms with van der Waals surface area (Å²) in [5, 5.41) is 12.4. The molecule has 1 aliphatic rings. The number of phenolic OH excluding ortho intramolecular Hbond substituents is 1. The number of carbonyl (C=O) groups is 3. The number of nitrogens with one attached hydrogen (secondary N) is 1. The maximum atomic E-state index is 12.8. The molecule has 0 bridgehead atoms. The number of ether oxygens (including phenoxy) is 2. The molecule has 1 heterocycles. The summed E-state index contributed by atoms with van der Waals surface area (Å²) < 4.78 is 10.1. The fourth-order valence-corrected chi connectivity index (χ4v) is 3.11. The maximum Gasteiger partial charge on any atom is 0.331 e. The maximum absolute atomic E-state index is 12.8. The average Bonchev–Trinajstić information content (AvgIpc) is 2.72. The number of fused-ring (bicyclic) bond motifs is 1. The molecule has 2 aromatic rings. The Morgan fingerprint density at radius 3 is 2.67 bits per heavy atom. The lowest BCUT2D eigenvalue weighted by Gasteiger charge is -2.41. The zero-order valence-electron chi connectivity index (χ0n) is 16.8. The van der Waals surface area contributed by atoms with Crippen LogP contribution in [0, 0.1) is 0 Å². The Kier molecular flexibility index (Phi) is 5.77. The number of amides is 2. The predicted molar refractivity (Wildman–Crippen MR) is 111 cm³/mol. The Balaban J connectivity index is 1.69. The van der Waals surface area contributed by atoms with Crippen molar-refractivity contribution in [3.63, 3.8) is 0 Å². The van der Waals surface area contributed by atoms with Crippen LogP contribution in [0.5, 0.6) is 11.5 Å². The number of anilines is 2. The zero-order valence-corrected chi connectivity index (χ0v) is 16.8. The van der Waals surface area contributed by atoms with Gasteiger partial charge in [-0.1, -0.05) is 18.2 Å². The Labute approximate surface area is 173 Å². The van der Waals surface area contributed by atoms with Crippen molar-refractivity contribution < 1.29 is 29.0 Å². The van der Waals surface area contributed by atoms with Crippen LogP contribution in [-0.2, 0) is 19.1 Å². The summed E-state index contributed by atoms with van der Waals surface area (Å²) in [6.45, 7) is 2.72. The fourth-order valence-electron chi connectivity index (χ4n) is 3.11. The summed E-state index contributed by atoms with van der Waals surface area (Å²) in [5.74, 6) is -1.32. The van der Waals surface area contributed by atoms with E-state index in [1.807, 2.05) is 0 Å². The number of phenols is 1. The minimum atomic E-state index is -1.14. The van der Waals surface area contributed by atoms with Gasteiger partial charge >= 0.3 is 5.97 Å². The molecule has 8 heteroatoms. The van der Waals surface area contributed by atoms with Crippen molar-refractivity contribution in [1.82, 2.24) is 0 Å². The number of hydrogen-bond acceptors (Lipinski definition) is 6. The van der Waals surface area contributed by atoms with E-state index in [-0.39, 0.29) is 17.4 Å². The van der Waals surface area contributed by atoms with Crippen LogP contribution in [0.3, 0.4) is 0 Å².